The summed E-state index contributed by atoms with van der Waals surface area (Å²) in [5, 5.41) is 19.4. The lowest BCUT2D eigenvalue weighted by atomic mass is 10.2. The summed E-state index contributed by atoms with van der Waals surface area (Å²) in [6.45, 7) is 0.0820. The molecule has 2 heterocycles. The fraction of sp³-hybridized carbons (Fsp3) is 0.375. The van der Waals surface area contributed by atoms with Gasteiger partial charge in [0, 0.05) is 19.2 Å². The number of β-amino-alcohol motifs (C(OH)–C–C–N with tert-alkyl or cyclic N) is 1. The Bertz CT molecular complexity index is 535. The van der Waals surface area contributed by atoms with Crippen LogP contribution in [0.1, 0.15) is 0 Å². The minimum absolute atomic E-state index is 0.0410. The monoisotopic (exact) mass is 259 g/mol. The second-order valence-corrected chi connectivity index (χ2v) is 5.52. The van der Waals surface area contributed by atoms with Crippen LogP contribution in [0.4, 0.5) is 5.82 Å². The number of sulfonamides is 1. The highest BCUT2D eigenvalue weighted by Crippen LogP contribution is 2.21. The number of rotatable bonds is 3. The van der Waals surface area contributed by atoms with Crippen molar-refractivity contribution in [2.45, 2.75) is 11.0 Å². The summed E-state index contributed by atoms with van der Waals surface area (Å²) >= 11 is 0. The van der Waals surface area contributed by atoms with Gasteiger partial charge in [0.15, 0.2) is 6.20 Å². The van der Waals surface area contributed by atoms with E-state index in [2.05, 4.69) is 4.98 Å². The minimum atomic E-state index is -3.69. The number of pyridine rings is 1. The molecule has 0 aliphatic carbocycles. The zero-order valence-electron chi connectivity index (χ0n) is 8.55. The molecule has 17 heavy (non-hydrogen) atoms. The molecule has 0 amide bonds. The van der Waals surface area contributed by atoms with E-state index >= 15 is 0 Å². The predicted molar refractivity (Wildman–Crippen MR) is 55.7 cm³/mol. The van der Waals surface area contributed by atoms with Crippen molar-refractivity contribution in [2.75, 3.05) is 13.1 Å². The van der Waals surface area contributed by atoms with Crippen LogP contribution in [0.2, 0.25) is 0 Å². The predicted octanol–water partition coefficient (Wildman–Crippen LogP) is -0.645. The summed E-state index contributed by atoms with van der Waals surface area (Å²) in [5.74, 6) is -0.410. The van der Waals surface area contributed by atoms with Gasteiger partial charge in [-0.2, -0.15) is 4.31 Å². The summed E-state index contributed by atoms with van der Waals surface area (Å²) < 4.78 is 24.8. The standard InChI is InChI=1S/C8H9N3O5S/c12-6-4-10(5-6)17(15,16)7-1-2-8(9-3-7)11(13)14/h1-3,6,12H,4-5H2. The van der Waals surface area contributed by atoms with Gasteiger partial charge in [-0.25, -0.2) is 8.42 Å². The van der Waals surface area contributed by atoms with E-state index in [0.717, 1.165) is 22.6 Å². The molecule has 8 nitrogen and oxygen atoms in total. The van der Waals surface area contributed by atoms with Crippen molar-refractivity contribution in [1.82, 2.24) is 9.29 Å². The molecular formula is C8H9N3O5S. The van der Waals surface area contributed by atoms with Gasteiger partial charge in [0.1, 0.15) is 4.90 Å². The average Bonchev–Trinajstić information content (AvgIpc) is 2.25. The molecule has 0 radical (unpaired) electrons. The van der Waals surface area contributed by atoms with E-state index in [0.29, 0.717) is 0 Å². The van der Waals surface area contributed by atoms with Crippen molar-refractivity contribution in [3.8, 4) is 0 Å². The van der Waals surface area contributed by atoms with E-state index in [1.165, 1.54) is 0 Å². The molecular weight excluding hydrogens is 250 g/mol. The van der Waals surface area contributed by atoms with Gasteiger partial charge in [-0.15, -0.1) is 0 Å². The van der Waals surface area contributed by atoms with Gasteiger partial charge in [0.25, 0.3) is 0 Å². The summed E-state index contributed by atoms with van der Waals surface area (Å²) in [7, 11) is -3.69. The van der Waals surface area contributed by atoms with Gasteiger partial charge < -0.3 is 15.2 Å². The summed E-state index contributed by atoms with van der Waals surface area (Å²) in [6.07, 6.45) is 0.300. The molecule has 1 saturated heterocycles. The van der Waals surface area contributed by atoms with E-state index in [1.807, 2.05) is 0 Å². The van der Waals surface area contributed by atoms with Crippen molar-refractivity contribution in [3.63, 3.8) is 0 Å². The van der Waals surface area contributed by atoms with Crippen LogP contribution in [-0.4, -0.2) is 46.9 Å². The third kappa shape index (κ3) is 2.12. The molecule has 2 rings (SSSR count). The van der Waals surface area contributed by atoms with Crippen LogP contribution < -0.4 is 0 Å². The molecule has 9 heteroatoms. The Hall–Kier alpha value is -1.58. The van der Waals surface area contributed by atoms with Gasteiger partial charge >= 0.3 is 5.82 Å². The maximum absolute atomic E-state index is 11.8. The zero-order chi connectivity index (χ0) is 12.6. The molecule has 0 unspecified atom stereocenters. The second-order valence-electron chi connectivity index (χ2n) is 3.59. The first-order chi connectivity index (χ1) is 7.91. The van der Waals surface area contributed by atoms with E-state index < -0.39 is 26.9 Å². The molecule has 0 atom stereocenters. The molecule has 0 saturated carbocycles. The Morgan fingerprint density at radius 2 is 2.12 bits per heavy atom. The van der Waals surface area contributed by atoms with Crippen molar-refractivity contribution < 1.29 is 18.4 Å². The minimum Gasteiger partial charge on any atom is -0.390 e. The van der Waals surface area contributed by atoms with Crippen molar-refractivity contribution in [1.29, 1.82) is 0 Å². The third-order valence-electron chi connectivity index (χ3n) is 2.37. The topological polar surface area (TPSA) is 114 Å². The number of nitro groups is 1. The fourth-order valence-corrected chi connectivity index (χ4v) is 2.86. The summed E-state index contributed by atoms with van der Waals surface area (Å²) in [6, 6.07) is 2.16. The van der Waals surface area contributed by atoms with Crippen molar-refractivity contribution in [3.05, 3.63) is 28.4 Å². The number of aliphatic hydroxyl groups excluding tert-OH is 1. The first kappa shape index (κ1) is 11.9. The van der Waals surface area contributed by atoms with E-state index in [-0.39, 0.29) is 18.0 Å². The van der Waals surface area contributed by atoms with Crippen molar-refractivity contribution >= 4 is 15.8 Å². The first-order valence-electron chi connectivity index (χ1n) is 4.70. The van der Waals surface area contributed by atoms with Gasteiger partial charge in [-0.1, -0.05) is 0 Å². The largest absolute Gasteiger partial charge is 0.390 e. The maximum atomic E-state index is 11.8. The highest BCUT2D eigenvalue weighted by Gasteiger charge is 2.36. The molecule has 1 aliphatic heterocycles. The van der Waals surface area contributed by atoms with Gasteiger partial charge in [-0.3, -0.25) is 0 Å². The van der Waals surface area contributed by atoms with E-state index in [9.17, 15) is 18.5 Å². The molecule has 0 bridgehead atoms. The SMILES string of the molecule is O=[N+]([O-])c1ccc(S(=O)(=O)N2CC(O)C2)cn1. The molecule has 1 aromatic rings. The first-order valence-corrected chi connectivity index (χ1v) is 6.14. The number of aromatic nitrogens is 1. The molecule has 92 valence electrons. The van der Waals surface area contributed by atoms with Crippen LogP contribution in [0.5, 0.6) is 0 Å². The summed E-state index contributed by atoms with van der Waals surface area (Å²) in [4.78, 5) is 13.0. The van der Waals surface area contributed by atoms with Crippen LogP contribution in [-0.2, 0) is 10.0 Å². The van der Waals surface area contributed by atoms with Crippen LogP contribution in [0.25, 0.3) is 0 Å². The number of nitrogens with zero attached hydrogens (tertiary/aromatic N) is 3. The van der Waals surface area contributed by atoms with Gasteiger partial charge in [0.2, 0.25) is 10.0 Å². The normalized spacial score (nSPS) is 17.7. The molecule has 1 fully saturated rings. The maximum Gasteiger partial charge on any atom is 0.363 e. The number of hydrogen-bond donors (Lipinski definition) is 1. The molecule has 0 aromatic carbocycles. The molecule has 1 aromatic heterocycles. The number of hydrogen-bond acceptors (Lipinski definition) is 6. The van der Waals surface area contributed by atoms with Crippen LogP contribution in [0.15, 0.2) is 23.2 Å². The Morgan fingerprint density at radius 1 is 1.47 bits per heavy atom. The second kappa shape index (κ2) is 4.02. The Balaban J connectivity index is 2.25. The van der Waals surface area contributed by atoms with Gasteiger partial charge in [0.05, 0.1) is 6.10 Å². The average molecular weight is 259 g/mol. The van der Waals surface area contributed by atoms with Crippen molar-refractivity contribution in [2.24, 2.45) is 0 Å². The highest BCUT2D eigenvalue weighted by molar-refractivity contribution is 7.89. The van der Waals surface area contributed by atoms with Crippen LogP contribution in [0, 0.1) is 10.1 Å². The lowest BCUT2D eigenvalue weighted by Gasteiger charge is -2.34. The van der Waals surface area contributed by atoms with E-state index in [1.54, 1.807) is 0 Å². The zero-order valence-corrected chi connectivity index (χ0v) is 9.37. The number of aliphatic hydroxyl groups is 1. The Labute approximate surface area is 96.7 Å². The lowest BCUT2D eigenvalue weighted by molar-refractivity contribution is -0.389. The highest BCUT2D eigenvalue weighted by atomic mass is 32.2. The van der Waals surface area contributed by atoms with Crippen LogP contribution in [0.3, 0.4) is 0 Å². The smallest absolute Gasteiger partial charge is 0.363 e. The van der Waals surface area contributed by atoms with Gasteiger partial charge in [-0.05, 0) is 16.0 Å². The fourth-order valence-electron chi connectivity index (χ4n) is 1.40. The van der Waals surface area contributed by atoms with E-state index in [4.69, 9.17) is 5.11 Å². The lowest BCUT2D eigenvalue weighted by Crippen LogP contribution is -2.53. The van der Waals surface area contributed by atoms with Crippen LogP contribution >= 0.6 is 0 Å². The summed E-state index contributed by atoms with van der Waals surface area (Å²) in [5.41, 5.74) is 0. The Kier molecular flexibility index (Phi) is 2.81. The Morgan fingerprint density at radius 3 is 2.53 bits per heavy atom. The quantitative estimate of drug-likeness (QED) is 0.570. The molecule has 0 spiro atoms. The molecule has 1 N–H and O–H groups in total. The molecule has 1 aliphatic rings. The third-order valence-corrected chi connectivity index (χ3v) is 4.19.